The van der Waals surface area contributed by atoms with Crippen molar-refractivity contribution in [1.29, 1.82) is 0 Å². The van der Waals surface area contributed by atoms with E-state index in [0.717, 1.165) is 50.3 Å². The molecule has 0 unspecified atom stereocenters. The average molecular weight is 404 g/mol. The van der Waals surface area contributed by atoms with E-state index in [-0.39, 0.29) is 12.1 Å². The summed E-state index contributed by atoms with van der Waals surface area (Å²) in [6.07, 6.45) is 4.69. The summed E-state index contributed by atoms with van der Waals surface area (Å²) in [6.45, 7) is 6.31. The minimum absolute atomic E-state index is 0.0426. The highest BCUT2D eigenvalue weighted by atomic mass is 16.5. The lowest BCUT2D eigenvalue weighted by Crippen LogP contribution is -2.46. The summed E-state index contributed by atoms with van der Waals surface area (Å²) >= 11 is 0. The van der Waals surface area contributed by atoms with Crippen molar-refractivity contribution >= 4 is 16.8 Å². The van der Waals surface area contributed by atoms with E-state index in [0.29, 0.717) is 0 Å². The third-order valence-electron chi connectivity index (χ3n) is 5.71. The van der Waals surface area contributed by atoms with E-state index < -0.39 is 0 Å². The zero-order chi connectivity index (χ0) is 20.9. The third-order valence-corrected chi connectivity index (χ3v) is 5.71. The number of likely N-dealkylation sites (tertiary alicyclic amines) is 1. The number of fused-ring (bicyclic) bond motifs is 1. The first-order chi connectivity index (χ1) is 14.6. The molecule has 0 bridgehead atoms. The Kier molecular flexibility index (Phi) is 6.17. The molecule has 1 N–H and O–H groups in total. The highest BCUT2D eigenvalue weighted by Crippen LogP contribution is 2.28. The molecule has 1 aromatic heterocycles. The molecule has 1 aliphatic heterocycles. The second-order valence-electron chi connectivity index (χ2n) is 7.89. The zero-order valence-electron chi connectivity index (χ0n) is 17.7. The van der Waals surface area contributed by atoms with Crippen LogP contribution in [0.1, 0.15) is 31.9 Å². The largest absolute Gasteiger partial charge is 0.490 e. The number of pyridine rings is 1. The van der Waals surface area contributed by atoms with Crippen LogP contribution in [0, 0.1) is 6.92 Å². The van der Waals surface area contributed by atoms with Gasteiger partial charge in [0.05, 0.1) is 0 Å². The first-order valence-corrected chi connectivity index (χ1v) is 10.8. The van der Waals surface area contributed by atoms with Crippen molar-refractivity contribution in [2.24, 2.45) is 0 Å². The minimum atomic E-state index is 0.0426. The normalized spacial score (nSPS) is 14.7. The smallest absolute Gasteiger partial charge is 0.317 e. The number of amides is 2. The summed E-state index contributed by atoms with van der Waals surface area (Å²) in [7, 11) is 0. The van der Waals surface area contributed by atoms with Crippen LogP contribution in [-0.2, 0) is 0 Å². The predicted molar refractivity (Wildman–Crippen MR) is 121 cm³/mol. The van der Waals surface area contributed by atoms with Crippen molar-refractivity contribution in [1.82, 2.24) is 15.2 Å². The van der Waals surface area contributed by atoms with Gasteiger partial charge in [0.2, 0.25) is 0 Å². The molecule has 2 heterocycles. The number of aryl methyl sites for hydroxylation is 1. The van der Waals surface area contributed by atoms with E-state index in [1.165, 1.54) is 21.9 Å². The van der Waals surface area contributed by atoms with E-state index in [4.69, 9.17) is 4.74 Å². The standard InChI is InChI=1S/C25H29N3O2/c1-3-13-27-25(29)28-15-11-23(12-16-28)30-22-7-4-19(5-8-22)20-6-9-24-18(2)26-14-10-21(24)17-20/h4-10,14,17,23H,3,11-13,15-16H2,1-2H3,(H,27,29). The number of piperidine rings is 1. The van der Waals surface area contributed by atoms with Crippen LogP contribution in [0.2, 0.25) is 0 Å². The molecule has 3 aromatic rings. The van der Waals surface area contributed by atoms with Gasteiger partial charge in [-0.15, -0.1) is 0 Å². The Morgan fingerprint density at radius 3 is 2.57 bits per heavy atom. The van der Waals surface area contributed by atoms with Gasteiger partial charge < -0.3 is 15.0 Å². The quantitative estimate of drug-likeness (QED) is 0.639. The number of ether oxygens (including phenoxy) is 1. The predicted octanol–water partition coefficient (Wildman–Crippen LogP) is 5.17. The number of urea groups is 1. The van der Waals surface area contributed by atoms with Crippen LogP contribution in [0.4, 0.5) is 4.79 Å². The van der Waals surface area contributed by atoms with Crippen molar-refractivity contribution in [3.8, 4) is 16.9 Å². The van der Waals surface area contributed by atoms with Gasteiger partial charge in [0.1, 0.15) is 11.9 Å². The van der Waals surface area contributed by atoms with Crippen LogP contribution in [0.5, 0.6) is 5.75 Å². The molecular formula is C25H29N3O2. The minimum Gasteiger partial charge on any atom is -0.490 e. The molecule has 5 heteroatoms. The number of rotatable bonds is 5. The van der Waals surface area contributed by atoms with Crippen LogP contribution < -0.4 is 10.1 Å². The lowest BCUT2D eigenvalue weighted by Gasteiger charge is -2.32. The van der Waals surface area contributed by atoms with E-state index in [1.54, 1.807) is 0 Å². The van der Waals surface area contributed by atoms with Crippen LogP contribution in [0.25, 0.3) is 21.9 Å². The highest BCUT2D eigenvalue weighted by molar-refractivity contribution is 5.88. The molecule has 1 fully saturated rings. The fraction of sp³-hybridized carbons (Fsp3) is 0.360. The summed E-state index contributed by atoms with van der Waals surface area (Å²) < 4.78 is 6.17. The fourth-order valence-corrected chi connectivity index (χ4v) is 3.95. The lowest BCUT2D eigenvalue weighted by molar-refractivity contribution is 0.111. The maximum Gasteiger partial charge on any atom is 0.317 e. The molecule has 2 amide bonds. The van der Waals surface area contributed by atoms with E-state index in [2.05, 4.69) is 53.6 Å². The highest BCUT2D eigenvalue weighted by Gasteiger charge is 2.23. The van der Waals surface area contributed by atoms with Gasteiger partial charge in [0.15, 0.2) is 0 Å². The Balaban J connectivity index is 1.36. The molecule has 1 saturated heterocycles. The monoisotopic (exact) mass is 403 g/mol. The number of nitrogens with zero attached hydrogens (tertiary/aromatic N) is 2. The molecule has 0 spiro atoms. The molecule has 0 saturated carbocycles. The second kappa shape index (κ2) is 9.16. The lowest BCUT2D eigenvalue weighted by atomic mass is 10.0. The SMILES string of the molecule is CCCNC(=O)N1CCC(Oc2ccc(-c3ccc4c(C)nccc4c3)cc2)CC1. The molecule has 2 aromatic carbocycles. The molecule has 5 nitrogen and oxygen atoms in total. The number of hydrogen-bond acceptors (Lipinski definition) is 3. The summed E-state index contributed by atoms with van der Waals surface area (Å²) in [6, 6.07) is 16.9. The summed E-state index contributed by atoms with van der Waals surface area (Å²) in [4.78, 5) is 18.3. The van der Waals surface area contributed by atoms with Gasteiger partial charge in [-0.3, -0.25) is 4.98 Å². The van der Waals surface area contributed by atoms with Crippen molar-refractivity contribution in [3.05, 3.63) is 60.4 Å². The molecule has 30 heavy (non-hydrogen) atoms. The first kappa shape index (κ1) is 20.2. The van der Waals surface area contributed by atoms with Crippen molar-refractivity contribution in [2.75, 3.05) is 19.6 Å². The molecule has 0 radical (unpaired) electrons. The zero-order valence-corrected chi connectivity index (χ0v) is 17.7. The number of carbonyl (C=O) groups is 1. The Morgan fingerprint density at radius 2 is 1.83 bits per heavy atom. The van der Waals surface area contributed by atoms with Gasteiger partial charge >= 0.3 is 6.03 Å². The van der Waals surface area contributed by atoms with Crippen molar-refractivity contribution in [3.63, 3.8) is 0 Å². The number of carbonyl (C=O) groups excluding carboxylic acids is 1. The maximum absolute atomic E-state index is 12.1. The topological polar surface area (TPSA) is 54.5 Å². The van der Waals surface area contributed by atoms with Crippen LogP contribution in [-0.4, -0.2) is 41.7 Å². The maximum atomic E-state index is 12.1. The van der Waals surface area contributed by atoms with Gasteiger partial charge in [-0.2, -0.15) is 0 Å². The third kappa shape index (κ3) is 4.56. The molecule has 1 aliphatic rings. The molecule has 156 valence electrons. The Bertz CT molecular complexity index is 1010. The van der Waals surface area contributed by atoms with Gasteiger partial charge in [-0.25, -0.2) is 4.79 Å². The van der Waals surface area contributed by atoms with E-state index in [1.807, 2.05) is 30.2 Å². The summed E-state index contributed by atoms with van der Waals surface area (Å²) in [5, 5.41) is 5.34. The Morgan fingerprint density at radius 1 is 1.10 bits per heavy atom. The molecule has 0 aliphatic carbocycles. The van der Waals surface area contributed by atoms with Crippen LogP contribution in [0.15, 0.2) is 54.7 Å². The second-order valence-corrected chi connectivity index (χ2v) is 7.89. The van der Waals surface area contributed by atoms with Gasteiger partial charge in [-0.1, -0.05) is 31.2 Å². The van der Waals surface area contributed by atoms with Crippen molar-refractivity contribution in [2.45, 2.75) is 39.2 Å². The van der Waals surface area contributed by atoms with E-state index in [9.17, 15) is 4.79 Å². The Labute approximate surface area is 178 Å². The number of aromatic nitrogens is 1. The number of benzene rings is 2. The number of hydrogen-bond donors (Lipinski definition) is 1. The van der Waals surface area contributed by atoms with Gasteiger partial charge in [0.25, 0.3) is 0 Å². The summed E-state index contributed by atoms with van der Waals surface area (Å²) in [5.41, 5.74) is 3.41. The van der Waals surface area contributed by atoms with Gasteiger partial charge in [-0.05, 0) is 54.1 Å². The van der Waals surface area contributed by atoms with Crippen molar-refractivity contribution < 1.29 is 9.53 Å². The molecular weight excluding hydrogens is 374 g/mol. The van der Waals surface area contributed by atoms with E-state index >= 15 is 0 Å². The summed E-state index contributed by atoms with van der Waals surface area (Å²) in [5.74, 6) is 0.883. The molecule has 4 rings (SSSR count). The number of nitrogens with one attached hydrogen (secondary N) is 1. The average Bonchev–Trinajstić information content (AvgIpc) is 2.78. The molecule has 0 atom stereocenters. The first-order valence-electron chi connectivity index (χ1n) is 10.8. The Hall–Kier alpha value is -3.08. The van der Waals surface area contributed by atoms with Gasteiger partial charge in [0, 0.05) is 49.8 Å². The van der Waals surface area contributed by atoms with Crippen LogP contribution >= 0.6 is 0 Å². The van der Waals surface area contributed by atoms with Crippen LogP contribution in [0.3, 0.4) is 0 Å². The fourth-order valence-electron chi connectivity index (χ4n) is 3.95.